The minimum Gasteiger partial charge on any atom is -0.387 e. The number of rotatable bonds is 4. The van der Waals surface area contributed by atoms with Crippen LogP contribution in [0.5, 0.6) is 0 Å². The van der Waals surface area contributed by atoms with E-state index in [1.54, 1.807) is 11.8 Å². The lowest BCUT2D eigenvalue weighted by Crippen LogP contribution is -2.56. The Morgan fingerprint density at radius 3 is 2.63 bits per heavy atom. The summed E-state index contributed by atoms with van der Waals surface area (Å²) in [6, 6.07) is 4.04. The van der Waals surface area contributed by atoms with Gasteiger partial charge in [0.25, 0.3) is 0 Å². The highest BCUT2D eigenvalue weighted by molar-refractivity contribution is 5.73. The average molecular weight is 414 g/mol. The van der Waals surface area contributed by atoms with Gasteiger partial charge < -0.3 is 19.8 Å². The third-order valence-electron chi connectivity index (χ3n) is 6.92. The van der Waals surface area contributed by atoms with Crippen molar-refractivity contribution in [2.24, 2.45) is 0 Å². The average Bonchev–Trinajstić information content (AvgIpc) is 3.10. The highest BCUT2D eigenvalue weighted by Gasteiger charge is 2.37. The Balaban J connectivity index is 1.23. The van der Waals surface area contributed by atoms with Crippen LogP contribution < -0.4 is 4.90 Å². The minimum atomic E-state index is -0.800. The molecule has 5 heterocycles. The van der Waals surface area contributed by atoms with Crippen molar-refractivity contribution in [3.8, 4) is 0 Å². The van der Waals surface area contributed by atoms with E-state index in [2.05, 4.69) is 20.0 Å². The summed E-state index contributed by atoms with van der Waals surface area (Å²) in [4.78, 5) is 18.1. The van der Waals surface area contributed by atoms with Gasteiger partial charge in [-0.1, -0.05) is 0 Å². The van der Waals surface area contributed by atoms with Gasteiger partial charge in [0, 0.05) is 39.0 Å². The summed E-state index contributed by atoms with van der Waals surface area (Å²) in [5.74, 6) is 2.33. The number of aromatic nitrogens is 4. The number of fused-ring (bicyclic) bond motifs is 1. The van der Waals surface area contributed by atoms with Gasteiger partial charge in [-0.3, -0.25) is 4.79 Å². The van der Waals surface area contributed by atoms with Crippen molar-refractivity contribution in [3.05, 3.63) is 18.0 Å². The molecule has 30 heavy (non-hydrogen) atoms. The molecule has 0 bridgehead atoms. The first kappa shape index (κ1) is 19.7. The molecule has 9 heteroatoms. The van der Waals surface area contributed by atoms with Crippen molar-refractivity contribution in [3.63, 3.8) is 0 Å². The van der Waals surface area contributed by atoms with E-state index < -0.39 is 5.60 Å². The highest BCUT2D eigenvalue weighted by Crippen LogP contribution is 2.30. The number of carbonyl (C=O) groups excluding carboxylic acids is 1. The molecule has 2 aromatic heterocycles. The van der Waals surface area contributed by atoms with Gasteiger partial charge in [0.1, 0.15) is 5.82 Å². The fraction of sp³-hybridized carbons (Fsp3) is 0.714. The minimum absolute atomic E-state index is 0.0515. The third kappa shape index (κ3) is 3.76. The zero-order chi connectivity index (χ0) is 20.7. The molecular formula is C21H31N7O2. The van der Waals surface area contributed by atoms with Crippen molar-refractivity contribution >= 4 is 17.4 Å². The monoisotopic (exact) mass is 413 g/mol. The fourth-order valence-electron chi connectivity index (χ4n) is 5.04. The molecule has 3 fully saturated rings. The molecule has 0 radical (unpaired) electrons. The Hall–Kier alpha value is -2.26. The number of hydrogen-bond donors (Lipinski definition) is 1. The van der Waals surface area contributed by atoms with Gasteiger partial charge in [-0.15, -0.1) is 15.3 Å². The molecule has 0 saturated carbocycles. The Bertz CT molecular complexity index is 919. The van der Waals surface area contributed by atoms with Crippen molar-refractivity contribution in [2.75, 3.05) is 50.7 Å². The van der Waals surface area contributed by atoms with Crippen LogP contribution in [0, 0.1) is 0 Å². The second-order valence-electron chi connectivity index (χ2n) is 9.18. The van der Waals surface area contributed by atoms with Gasteiger partial charge in [-0.05, 0) is 57.3 Å². The van der Waals surface area contributed by atoms with Gasteiger partial charge in [-0.25, -0.2) is 0 Å². The topological polar surface area (TPSA) is 90.1 Å². The van der Waals surface area contributed by atoms with E-state index in [0.717, 1.165) is 75.7 Å². The van der Waals surface area contributed by atoms with Crippen LogP contribution in [0.25, 0.3) is 5.65 Å². The molecule has 0 aliphatic carbocycles. The van der Waals surface area contributed by atoms with E-state index in [-0.39, 0.29) is 5.91 Å². The Labute approximate surface area is 176 Å². The van der Waals surface area contributed by atoms with Crippen LogP contribution in [0.15, 0.2) is 12.1 Å². The second kappa shape index (κ2) is 7.77. The van der Waals surface area contributed by atoms with Crippen molar-refractivity contribution in [2.45, 2.75) is 50.5 Å². The van der Waals surface area contributed by atoms with Gasteiger partial charge in [0.05, 0.1) is 12.1 Å². The maximum atomic E-state index is 11.7. The lowest BCUT2D eigenvalue weighted by Gasteiger charge is -2.43. The number of nitrogens with zero attached hydrogens (tertiary/aromatic N) is 7. The number of aliphatic hydroxyl groups is 1. The van der Waals surface area contributed by atoms with Crippen LogP contribution >= 0.6 is 0 Å². The third-order valence-corrected chi connectivity index (χ3v) is 6.92. The van der Waals surface area contributed by atoms with E-state index >= 15 is 0 Å². The molecular weight excluding hydrogens is 382 g/mol. The van der Waals surface area contributed by atoms with Crippen LogP contribution in [0.4, 0.5) is 5.82 Å². The quantitative estimate of drug-likeness (QED) is 0.796. The van der Waals surface area contributed by atoms with Gasteiger partial charge in [0.15, 0.2) is 11.5 Å². The molecule has 5 rings (SSSR count). The van der Waals surface area contributed by atoms with Crippen LogP contribution in [0.3, 0.4) is 0 Å². The van der Waals surface area contributed by atoms with Crippen LogP contribution in [-0.2, 0) is 4.79 Å². The molecule has 3 aliphatic rings. The molecule has 0 aromatic carbocycles. The molecule has 3 saturated heterocycles. The Kier molecular flexibility index (Phi) is 5.10. The number of likely N-dealkylation sites (tertiary alicyclic amines) is 2. The molecule has 9 nitrogen and oxygen atoms in total. The molecule has 1 N–H and O–H groups in total. The van der Waals surface area contributed by atoms with E-state index in [1.807, 2.05) is 16.6 Å². The highest BCUT2D eigenvalue weighted by atomic mass is 16.3. The lowest BCUT2D eigenvalue weighted by atomic mass is 9.90. The zero-order valence-corrected chi connectivity index (χ0v) is 17.7. The first-order chi connectivity index (χ1) is 14.5. The smallest absolute Gasteiger partial charge is 0.219 e. The number of anilines is 1. The molecule has 1 amide bonds. The maximum Gasteiger partial charge on any atom is 0.219 e. The molecule has 1 atom stereocenters. The fourth-order valence-corrected chi connectivity index (χ4v) is 5.04. The number of amides is 1. The summed E-state index contributed by atoms with van der Waals surface area (Å²) in [5, 5.41) is 24.7. The predicted octanol–water partition coefficient (Wildman–Crippen LogP) is 0.887. The van der Waals surface area contributed by atoms with E-state index in [0.29, 0.717) is 19.0 Å². The normalized spacial score (nSPS) is 26.2. The van der Waals surface area contributed by atoms with Crippen LogP contribution in [-0.4, -0.2) is 92.0 Å². The molecule has 1 unspecified atom stereocenters. The van der Waals surface area contributed by atoms with Crippen LogP contribution in [0.2, 0.25) is 0 Å². The summed E-state index contributed by atoms with van der Waals surface area (Å²) < 4.78 is 1.92. The molecule has 3 aliphatic heterocycles. The maximum absolute atomic E-state index is 11.7. The number of carbonyl (C=O) groups is 1. The summed E-state index contributed by atoms with van der Waals surface area (Å²) in [5.41, 5.74) is 0.00367. The summed E-state index contributed by atoms with van der Waals surface area (Å²) in [6.07, 6.45) is 4.80. The van der Waals surface area contributed by atoms with E-state index in [9.17, 15) is 9.90 Å². The molecule has 0 spiro atoms. The van der Waals surface area contributed by atoms with E-state index in [4.69, 9.17) is 5.10 Å². The van der Waals surface area contributed by atoms with Crippen LogP contribution in [0.1, 0.15) is 50.8 Å². The van der Waals surface area contributed by atoms with E-state index in [1.165, 1.54) is 6.42 Å². The SMILES string of the molecule is CC(=O)N1CCCC(O)(CN2CCC(c3nnc4ccc(N5CCC5)nn34)CC2)C1. The molecule has 2 aromatic rings. The number of β-amino-alcohol motifs (C(OH)–C–C–N with tert-alkyl or cyclic N) is 1. The lowest BCUT2D eigenvalue weighted by molar-refractivity contribution is -0.137. The number of piperidine rings is 2. The standard InChI is InChI=1S/C21H31N7O2/c1-16(29)27-9-2-8-21(30,15-27)14-25-12-6-17(7-13-25)20-23-22-18-4-5-19(24-28(18)20)26-10-3-11-26/h4-5,17,30H,2-3,6-15H2,1H3. The van der Waals surface area contributed by atoms with Gasteiger partial charge in [0.2, 0.25) is 5.91 Å². The zero-order valence-electron chi connectivity index (χ0n) is 17.7. The first-order valence-electron chi connectivity index (χ1n) is 11.2. The number of hydrogen-bond acceptors (Lipinski definition) is 7. The first-order valence-corrected chi connectivity index (χ1v) is 11.2. The second-order valence-corrected chi connectivity index (χ2v) is 9.18. The molecule has 162 valence electrons. The van der Waals surface area contributed by atoms with Crippen molar-refractivity contribution < 1.29 is 9.90 Å². The predicted molar refractivity (Wildman–Crippen MR) is 112 cm³/mol. The summed E-state index contributed by atoms with van der Waals surface area (Å²) in [6.45, 7) is 7.37. The Morgan fingerprint density at radius 1 is 1.13 bits per heavy atom. The van der Waals surface area contributed by atoms with Crippen molar-refractivity contribution in [1.82, 2.24) is 29.6 Å². The Morgan fingerprint density at radius 2 is 1.93 bits per heavy atom. The largest absolute Gasteiger partial charge is 0.387 e. The van der Waals surface area contributed by atoms with Crippen molar-refractivity contribution in [1.29, 1.82) is 0 Å². The van der Waals surface area contributed by atoms with Gasteiger partial charge >= 0.3 is 0 Å². The summed E-state index contributed by atoms with van der Waals surface area (Å²) in [7, 11) is 0. The van der Waals surface area contributed by atoms with Gasteiger partial charge in [-0.2, -0.15) is 4.52 Å². The summed E-state index contributed by atoms with van der Waals surface area (Å²) >= 11 is 0.